The normalized spacial score (nSPS) is 17.1. The molecule has 1 N–H and O–H groups in total. The zero-order chi connectivity index (χ0) is 16.2. The number of likely N-dealkylation sites (tertiary alicyclic amines) is 1. The summed E-state index contributed by atoms with van der Waals surface area (Å²) in [6, 6.07) is 5.92. The standard InChI is InChI=1S/C17H20N4O2/c1-12-7-13(2)9-14(8-12)20-17(22)21-6-3-15(11-21)23-16-10-18-4-5-19-16/h4-5,7-10,15H,3,6,11H2,1-2H3,(H,20,22). The number of benzene rings is 1. The average molecular weight is 312 g/mol. The topological polar surface area (TPSA) is 67.4 Å². The van der Waals surface area contributed by atoms with Crippen molar-refractivity contribution in [3.8, 4) is 5.88 Å². The van der Waals surface area contributed by atoms with Gasteiger partial charge in [0.1, 0.15) is 6.10 Å². The highest BCUT2D eigenvalue weighted by atomic mass is 16.5. The minimum absolute atomic E-state index is 0.0447. The lowest BCUT2D eigenvalue weighted by molar-refractivity contribution is 0.189. The van der Waals surface area contributed by atoms with E-state index in [1.807, 2.05) is 26.0 Å². The third-order valence-electron chi connectivity index (χ3n) is 3.73. The van der Waals surface area contributed by atoms with Gasteiger partial charge in [-0.1, -0.05) is 6.07 Å². The summed E-state index contributed by atoms with van der Waals surface area (Å²) in [7, 11) is 0. The van der Waals surface area contributed by atoms with E-state index in [-0.39, 0.29) is 12.1 Å². The van der Waals surface area contributed by atoms with Gasteiger partial charge in [-0.3, -0.25) is 4.98 Å². The number of nitrogens with one attached hydrogen (secondary N) is 1. The summed E-state index contributed by atoms with van der Waals surface area (Å²) in [5.74, 6) is 0.495. The first-order chi connectivity index (χ1) is 11.1. The fourth-order valence-electron chi connectivity index (χ4n) is 2.78. The second-order valence-corrected chi connectivity index (χ2v) is 5.82. The van der Waals surface area contributed by atoms with Crippen LogP contribution < -0.4 is 10.1 Å². The highest BCUT2D eigenvalue weighted by molar-refractivity contribution is 5.89. The number of aromatic nitrogens is 2. The Labute approximate surface area is 135 Å². The Kier molecular flexibility index (Phi) is 4.41. The molecule has 0 saturated carbocycles. The summed E-state index contributed by atoms with van der Waals surface area (Å²) < 4.78 is 5.75. The summed E-state index contributed by atoms with van der Waals surface area (Å²) in [6.45, 7) is 5.25. The first kappa shape index (κ1) is 15.3. The van der Waals surface area contributed by atoms with Gasteiger partial charge >= 0.3 is 6.03 Å². The molecular weight excluding hydrogens is 292 g/mol. The van der Waals surface area contributed by atoms with Crippen molar-refractivity contribution in [2.75, 3.05) is 18.4 Å². The lowest BCUT2D eigenvalue weighted by Gasteiger charge is -2.18. The molecule has 23 heavy (non-hydrogen) atoms. The first-order valence-electron chi connectivity index (χ1n) is 7.67. The van der Waals surface area contributed by atoms with Crippen LogP contribution in [0.25, 0.3) is 0 Å². The molecule has 1 saturated heterocycles. The second-order valence-electron chi connectivity index (χ2n) is 5.82. The second kappa shape index (κ2) is 6.64. The van der Waals surface area contributed by atoms with Crippen LogP contribution in [0.2, 0.25) is 0 Å². The number of ether oxygens (including phenoxy) is 1. The van der Waals surface area contributed by atoms with Crippen molar-refractivity contribution < 1.29 is 9.53 Å². The number of carbonyl (C=O) groups excluding carboxylic acids is 1. The molecule has 1 aliphatic heterocycles. The molecule has 0 bridgehead atoms. The minimum atomic E-state index is -0.0970. The maximum Gasteiger partial charge on any atom is 0.321 e. The van der Waals surface area contributed by atoms with Crippen LogP contribution in [0.3, 0.4) is 0 Å². The summed E-state index contributed by atoms with van der Waals surface area (Å²) in [4.78, 5) is 22.2. The fraction of sp³-hybridized carbons (Fsp3) is 0.353. The van der Waals surface area contributed by atoms with Crippen LogP contribution in [0.5, 0.6) is 5.88 Å². The highest BCUT2D eigenvalue weighted by Gasteiger charge is 2.28. The summed E-state index contributed by atoms with van der Waals surface area (Å²) in [5, 5.41) is 2.95. The summed E-state index contributed by atoms with van der Waals surface area (Å²) >= 11 is 0. The van der Waals surface area contributed by atoms with Crippen molar-refractivity contribution >= 4 is 11.7 Å². The molecule has 1 aromatic carbocycles. The molecule has 0 spiro atoms. The number of hydrogen-bond acceptors (Lipinski definition) is 4. The van der Waals surface area contributed by atoms with Gasteiger partial charge in [-0.2, -0.15) is 0 Å². The Morgan fingerprint density at radius 1 is 1.26 bits per heavy atom. The van der Waals surface area contributed by atoms with Crippen LogP contribution in [-0.4, -0.2) is 40.1 Å². The van der Waals surface area contributed by atoms with E-state index in [4.69, 9.17) is 4.74 Å². The maximum absolute atomic E-state index is 12.4. The Balaban J connectivity index is 1.57. The van der Waals surface area contributed by atoms with Gasteiger partial charge in [-0.05, 0) is 37.1 Å². The predicted octanol–water partition coefficient (Wildman–Crippen LogP) is 2.78. The van der Waals surface area contributed by atoms with Gasteiger partial charge in [-0.25, -0.2) is 9.78 Å². The first-order valence-corrected chi connectivity index (χ1v) is 7.67. The van der Waals surface area contributed by atoms with E-state index >= 15 is 0 Å². The molecule has 0 aliphatic carbocycles. The molecule has 6 nitrogen and oxygen atoms in total. The zero-order valence-electron chi connectivity index (χ0n) is 13.3. The summed E-state index contributed by atoms with van der Waals surface area (Å²) in [5.41, 5.74) is 3.09. The van der Waals surface area contributed by atoms with Crippen LogP contribution in [0, 0.1) is 13.8 Å². The molecule has 1 unspecified atom stereocenters. The van der Waals surface area contributed by atoms with Crippen LogP contribution in [0.1, 0.15) is 17.5 Å². The molecule has 0 radical (unpaired) electrons. The lowest BCUT2D eigenvalue weighted by Crippen LogP contribution is -2.34. The number of anilines is 1. The lowest BCUT2D eigenvalue weighted by atomic mass is 10.1. The monoisotopic (exact) mass is 312 g/mol. The molecule has 120 valence electrons. The predicted molar refractivity (Wildman–Crippen MR) is 87.6 cm³/mol. The molecular formula is C17H20N4O2. The van der Waals surface area contributed by atoms with Gasteiger partial charge in [0, 0.05) is 31.0 Å². The molecule has 2 aromatic rings. The van der Waals surface area contributed by atoms with Gasteiger partial charge in [0.2, 0.25) is 5.88 Å². The largest absolute Gasteiger partial charge is 0.471 e. The smallest absolute Gasteiger partial charge is 0.321 e. The molecule has 2 heterocycles. The van der Waals surface area contributed by atoms with Crippen LogP contribution in [0.15, 0.2) is 36.8 Å². The molecule has 3 rings (SSSR count). The van der Waals surface area contributed by atoms with Crippen molar-refractivity contribution in [1.29, 1.82) is 0 Å². The zero-order valence-corrected chi connectivity index (χ0v) is 13.3. The number of amides is 2. The maximum atomic E-state index is 12.4. The van der Waals surface area contributed by atoms with E-state index in [2.05, 4.69) is 21.4 Å². The van der Waals surface area contributed by atoms with Crippen molar-refractivity contribution in [3.63, 3.8) is 0 Å². The number of urea groups is 1. The molecule has 1 atom stereocenters. The molecule has 1 fully saturated rings. The molecule has 1 aromatic heterocycles. The van der Waals surface area contributed by atoms with E-state index in [1.165, 1.54) is 0 Å². The Hall–Kier alpha value is -2.63. The van der Waals surface area contributed by atoms with E-state index in [0.717, 1.165) is 23.2 Å². The average Bonchev–Trinajstić information content (AvgIpc) is 2.96. The van der Waals surface area contributed by atoms with Gasteiger partial charge in [0.05, 0.1) is 12.7 Å². The SMILES string of the molecule is Cc1cc(C)cc(NC(=O)N2CCC(Oc3cnccn3)C2)c1. The van der Waals surface area contributed by atoms with Crippen molar-refractivity contribution in [2.45, 2.75) is 26.4 Å². The number of rotatable bonds is 3. The van der Waals surface area contributed by atoms with E-state index in [9.17, 15) is 4.79 Å². The van der Waals surface area contributed by atoms with Gasteiger partial charge in [-0.15, -0.1) is 0 Å². The van der Waals surface area contributed by atoms with E-state index < -0.39 is 0 Å². The van der Waals surface area contributed by atoms with Gasteiger partial charge in [0.25, 0.3) is 0 Å². The molecule has 2 amide bonds. The fourth-order valence-corrected chi connectivity index (χ4v) is 2.78. The number of nitrogens with zero attached hydrogens (tertiary/aromatic N) is 3. The quantitative estimate of drug-likeness (QED) is 0.946. The highest BCUT2D eigenvalue weighted by Crippen LogP contribution is 2.18. The number of hydrogen-bond donors (Lipinski definition) is 1. The number of carbonyl (C=O) groups is 1. The van der Waals surface area contributed by atoms with Crippen molar-refractivity contribution in [2.24, 2.45) is 0 Å². The van der Waals surface area contributed by atoms with E-state index in [1.54, 1.807) is 23.5 Å². The Bertz CT molecular complexity index is 670. The van der Waals surface area contributed by atoms with E-state index in [0.29, 0.717) is 19.0 Å². The molecule has 6 heteroatoms. The van der Waals surface area contributed by atoms with Gasteiger partial charge in [0.15, 0.2) is 0 Å². The van der Waals surface area contributed by atoms with Crippen LogP contribution in [0.4, 0.5) is 10.5 Å². The van der Waals surface area contributed by atoms with Crippen molar-refractivity contribution in [3.05, 3.63) is 47.9 Å². The Morgan fingerprint density at radius 2 is 2.04 bits per heavy atom. The minimum Gasteiger partial charge on any atom is -0.471 e. The summed E-state index contributed by atoms with van der Waals surface area (Å²) in [6.07, 6.45) is 5.52. The van der Waals surface area contributed by atoms with Crippen LogP contribution in [-0.2, 0) is 0 Å². The van der Waals surface area contributed by atoms with Gasteiger partial charge < -0.3 is 15.0 Å². The van der Waals surface area contributed by atoms with Crippen molar-refractivity contribution in [1.82, 2.24) is 14.9 Å². The Morgan fingerprint density at radius 3 is 2.74 bits per heavy atom. The third-order valence-corrected chi connectivity index (χ3v) is 3.73. The number of aryl methyl sites for hydroxylation is 2. The molecule has 1 aliphatic rings. The van der Waals surface area contributed by atoms with Crippen LogP contribution >= 0.6 is 0 Å². The third kappa shape index (κ3) is 3.97.